The second kappa shape index (κ2) is 8.03. The van der Waals surface area contributed by atoms with Gasteiger partial charge in [0.05, 0.1) is 35.2 Å². The van der Waals surface area contributed by atoms with Gasteiger partial charge in [0.25, 0.3) is 0 Å². The zero-order valence-corrected chi connectivity index (χ0v) is 19.7. The first-order chi connectivity index (χ1) is 16.4. The van der Waals surface area contributed by atoms with E-state index in [2.05, 4.69) is 10.3 Å². The molecule has 0 bridgehead atoms. The molecule has 0 saturated heterocycles. The van der Waals surface area contributed by atoms with E-state index in [0.717, 1.165) is 11.1 Å². The van der Waals surface area contributed by atoms with Gasteiger partial charge >= 0.3 is 6.55 Å². The summed E-state index contributed by atoms with van der Waals surface area (Å²) in [5.74, 6) is -2.25. The maximum atomic E-state index is 15.8. The minimum absolute atomic E-state index is 0.0958. The number of anilines is 1. The predicted molar refractivity (Wildman–Crippen MR) is 119 cm³/mol. The second-order valence-electron chi connectivity index (χ2n) is 9.97. The van der Waals surface area contributed by atoms with Crippen molar-refractivity contribution >= 4 is 5.69 Å². The molecule has 0 aromatic carbocycles. The zero-order valence-electron chi connectivity index (χ0n) is 19.7. The van der Waals surface area contributed by atoms with Gasteiger partial charge in [-0.05, 0) is 39.7 Å². The van der Waals surface area contributed by atoms with Gasteiger partial charge in [0.1, 0.15) is 11.4 Å². The summed E-state index contributed by atoms with van der Waals surface area (Å²) in [7, 11) is 0. The Hall–Kier alpha value is -2.98. The molecule has 1 aliphatic carbocycles. The molecule has 6 nitrogen and oxygen atoms in total. The summed E-state index contributed by atoms with van der Waals surface area (Å²) in [5, 5.41) is 7.76. The van der Waals surface area contributed by atoms with Crippen LogP contribution in [0.1, 0.15) is 61.9 Å². The Morgan fingerprint density at radius 1 is 1.09 bits per heavy atom. The van der Waals surface area contributed by atoms with E-state index in [4.69, 9.17) is 9.51 Å². The lowest BCUT2D eigenvalue weighted by molar-refractivity contribution is -0.0733. The van der Waals surface area contributed by atoms with E-state index in [0.29, 0.717) is 33.1 Å². The number of fused-ring (bicyclic) bond motifs is 1. The van der Waals surface area contributed by atoms with Gasteiger partial charge in [-0.3, -0.25) is 4.98 Å². The molecule has 1 atom stereocenters. The molecular formula is C24H26F5N5O. The van der Waals surface area contributed by atoms with Crippen molar-refractivity contribution in [3.05, 3.63) is 47.4 Å². The number of halogens is 5. The van der Waals surface area contributed by atoms with Gasteiger partial charge in [0, 0.05) is 48.5 Å². The highest BCUT2D eigenvalue weighted by Gasteiger charge is 2.49. The lowest BCUT2D eigenvalue weighted by Gasteiger charge is -2.37. The van der Waals surface area contributed by atoms with E-state index in [1.54, 1.807) is 24.9 Å². The molecule has 188 valence electrons. The third kappa shape index (κ3) is 4.08. The normalized spacial score (nSPS) is 23.2. The fourth-order valence-electron chi connectivity index (χ4n) is 5.36. The Morgan fingerprint density at radius 2 is 1.80 bits per heavy atom. The van der Waals surface area contributed by atoms with Gasteiger partial charge < -0.3 is 9.42 Å². The molecule has 0 radical (unpaired) electrons. The fraction of sp³-hybridized carbons (Fsp3) is 0.542. The van der Waals surface area contributed by atoms with Crippen LogP contribution in [0.5, 0.6) is 0 Å². The molecule has 1 saturated carbocycles. The van der Waals surface area contributed by atoms with Gasteiger partial charge in [-0.1, -0.05) is 5.16 Å². The first-order valence-corrected chi connectivity index (χ1v) is 11.5. The molecule has 1 aliphatic heterocycles. The van der Waals surface area contributed by atoms with Crippen molar-refractivity contribution < 1.29 is 26.5 Å². The first-order valence-electron chi connectivity index (χ1n) is 11.5. The van der Waals surface area contributed by atoms with Crippen molar-refractivity contribution in [1.82, 2.24) is 19.9 Å². The van der Waals surface area contributed by atoms with Gasteiger partial charge in [-0.25, -0.2) is 17.9 Å². The average Bonchev–Trinajstić information content (AvgIpc) is 3.49. The Labute approximate surface area is 199 Å². The van der Waals surface area contributed by atoms with Crippen LogP contribution in [0.2, 0.25) is 0 Å². The molecule has 35 heavy (non-hydrogen) atoms. The first kappa shape index (κ1) is 23.7. The Morgan fingerprint density at radius 3 is 2.40 bits per heavy atom. The van der Waals surface area contributed by atoms with Crippen molar-refractivity contribution in [2.24, 2.45) is 0 Å². The Bertz CT molecular complexity index is 1230. The highest BCUT2D eigenvalue weighted by atomic mass is 19.3. The highest BCUT2D eigenvalue weighted by Crippen LogP contribution is 2.48. The fourth-order valence-corrected chi connectivity index (χ4v) is 5.36. The maximum absolute atomic E-state index is 15.8. The van der Waals surface area contributed by atoms with Crippen LogP contribution in [0.3, 0.4) is 0 Å². The summed E-state index contributed by atoms with van der Waals surface area (Å²) in [5.41, 5.74) is 1.25. The van der Waals surface area contributed by atoms with E-state index in [-0.39, 0.29) is 25.9 Å². The third-order valence-corrected chi connectivity index (χ3v) is 7.35. The molecule has 1 unspecified atom stereocenters. The van der Waals surface area contributed by atoms with Crippen LogP contribution in [0.25, 0.3) is 11.1 Å². The van der Waals surface area contributed by atoms with Gasteiger partial charge in [-0.2, -0.15) is 13.9 Å². The van der Waals surface area contributed by atoms with Crippen LogP contribution in [0.4, 0.5) is 27.6 Å². The molecule has 3 aromatic rings. The molecule has 11 heteroatoms. The van der Waals surface area contributed by atoms with E-state index >= 15 is 4.39 Å². The molecule has 0 N–H and O–H groups in total. The summed E-state index contributed by atoms with van der Waals surface area (Å²) >= 11 is 0. The molecular weight excluding hydrogens is 469 g/mol. The number of aryl methyl sites for hydroxylation is 2. The summed E-state index contributed by atoms with van der Waals surface area (Å²) in [6.07, 6.45) is 2.81. The van der Waals surface area contributed by atoms with Crippen LogP contribution in [-0.4, -0.2) is 44.6 Å². The van der Waals surface area contributed by atoms with Gasteiger partial charge in [0.2, 0.25) is 5.92 Å². The highest BCUT2D eigenvalue weighted by molar-refractivity contribution is 5.74. The summed E-state index contributed by atoms with van der Waals surface area (Å²) in [6.45, 7) is 2.79. The number of nitrogens with zero attached hydrogens (tertiary/aromatic N) is 5. The van der Waals surface area contributed by atoms with Crippen molar-refractivity contribution in [3.8, 4) is 11.1 Å². The number of hydrogen-bond acceptors (Lipinski definition) is 5. The van der Waals surface area contributed by atoms with Crippen LogP contribution in [-0.2, 0) is 5.41 Å². The van der Waals surface area contributed by atoms with Crippen LogP contribution in [0.15, 0.2) is 29.2 Å². The molecule has 3 aromatic heterocycles. The number of aromatic nitrogens is 4. The number of alkyl halides is 5. The van der Waals surface area contributed by atoms with E-state index in [1.807, 2.05) is 13.0 Å². The quantitative estimate of drug-likeness (QED) is 0.407. The largest absolute Gasteiger partial charge is 0.366 e. The Kier molecular flexibility index (Phi) is 5.45. The smallest absolute Gasteiger partial charge is 0.333 e. The minimum Gasteiger partial charge on any atom is -0.366 e. The van der Waals surface area contributed by atoms with Crippen molar-refractivity contribution in [2.75, 3.05) is 18.0 Å². The molecule has 1 fully saturated rings. The maximum Gasteiger partial charge on any atom is 0.333 e. The van der Waals surface area contributed by atoms with Crippen LogP contribution in [0, 0.1) is 13.8 Å². The SMILES string of the molecule is Cc1noc(C)c1-c1cnc2c(c1)N(CC1(F)CCC(F)(F)CC1)CC2(C)c1cnn(C(F)F)c1. The topological polar surface area (TPSA) is 60.0 Å². The van der Waals surface area contributed by atoms with Crippen LogP contribution >= 0.6 is 0 Å². The van der Waals surface area contributed by atoms with Gasteiger partial charge in [0.15, 0.2) is 0 Å². The molecule has 2 aliphatic rings. The number of pyridine rings is 1. The minimum atomic E-state index is -2.85. The number of hydrogen-bond donors (Lipinski definition) is 0. The van der Waals surface area contributed by atoms with E-state index in [9.17, 15) is 17.6 Å². The van der Waals surface area contributed by atoms with Gasteiger partial charge in [-0.15, -0.1) is 0 Å². The standard InChI is InChI=1S/C24H26F5N5O/c1-14-19(15(2)35-32-14)16-8-18-20(30-9-16)22(3,17-10-31-34(11-17)21(25)26)12-33(18)13-23(27)4-6-24(28,29)7-5-23/h8-11,21H,4-7,12-13H2,1-3H3. The van der Waals surface area contributed by atoms with Crippen molar-refractivity contribution in [1.29, 1.82) is 0 Å². The van der Waals surface area contributed by atoms with Crippen LogP contribution < -0.4 is 4.90 Å². The third-order valence-electron chi connectivity index (χ3n) is 7.35. The van der Waals surface area contributed by atoms with Crippen molar-refractivity contribution in [2.45, 2.75) is 70.0 Å². The lowest BCUT2D eigenvalue weighted by atomic mass is 9.82. The zero-order chi connectivity index (χ0) is 25.2. The lowest BCUT2D eigenvalue weighted by Crippen LogP contribution is -2.45. The average molecular weight is 495 g/mol. The Balaban J connectivity index is 1.56. The molecule has 5 rings (SSSR count). The van der Waals surface area contributed by atoms with E-state index in [1.165, 1.54) is 12.4 Å². The summed E-state index contributed by atoms with van der Waals surface area (Å²) in [4.78, 5) is 6.49. The second-order valence-corrected chi connectivity index (χ2v) is 9.97. The molecule has 0 spiro atoms. The molecule has 4 heterocycles. The number of rotatable bonds is 5. The van der Waals surface area contributed by atoms with E-state index < -0.39 is 36.4 Å². The monoisotopic (exact) mass is 495 g/mol. The summed E-state index contributed by atoms with van der Waals surface area (Å²) < 4.78 is 75.5. The summed E-state index contributed by atoms with van der Waals surface area (Å²) in [6, 6.07) is 1.86. The predicted octanol–water partition coefficient (Wildman–Crippen LogP) is 5.99. The molecule has 0 amide bonds. The van der Waals surface area contributed by atoms with Crippen molar-refractivity contribution in [3.63, 3.8) is 0 Å².